The fourth-order valence-corrected chi connectivity index (χ4v) is 4.38. The van der Waals surface area contributed by atoms with E-state index in [0.717, 1.165) is 25.1 Å². The number of hydrogen-bond donors (Lipinski definition) is 4. The molecule has 2 atom stereocenters. The number of nitrogens with one attached hydrogen (secondary N) is 3. The lowest BCUT2D eigenvalue weighted by molar-refractivity contribution is -0.192. The van der Waals surface area contributed by atoms with Gasteiger partial charge in [-0.1, -0.05) is 0 Å². The Morgan fingerprint density at radius 2 is 1.89 bits per heavy atom. The number of nitrogens with zero attached hydrogens (tertiary/aromatic N) is 1. The predicted molar refractivity (Wildman–Crippen MR) is 119 cm³/mol. The molecule has 0 aromatic heterocycles. The number of halogens is 3. The lowest BCUT2D eigenvalue weighted by Gasteiger charge is -2.29. The summed E-state index contributed by atoms with van der Waals surface area (Å²) in [6, 6.07) is 4.40. The predicted octanol–water partition coefficient (Wildman–Crippen LogP) is 1.20. The number of fused-ring (bicyclic) bond motifs is 1. The van der Waals surface area contributed by atoms with Gasteiger partial charge in [0.15, 0.2) is 0 Å². The topological polar surface area (TPSA) is 145 Å². The Hall–Kier alpha value is -3.48. The molecule has 3 aliphatic rings. The summed E-state index contributed by atoms with van der Waals surface area (Å²) in [5, 5.41) is 15.8. The molecule has 4 rings (SSSR count). The van der Waals surface area contributed by atoms with Crippen molar-refractivity contribution < 1.29 is 42.3 Å². The van der Waals surface area contributed by atoms with Gasteiger partial charge in [-0.25, -0.2) is 4.79 Å². The molecule has 3 aliphatic heterocycles. The van der Waals surface area contributed by atoms with Crippen LogP contribution in [-0.2, 0) is 20.9 Å². The quantitative estimate of drug-likeness (QED) is 0.434. The van der Waals surface area contributed by atoms with E-state index < -0.39 is 24.1 Å². The molecule has 2 fully saturated rings. The third-order valence-electron chi connectivity index (χ3n) is 6.27. The van der Waals surface area contributed by atoms with E-state index in [4.69, 9.17) is 9.90 Å². The first-order valence-electron chi connectivity index (χ1n) is 11.5. The van der Waals surface area contributed by atoms with Gasteiger partial charge in [-0.05, 0) is 68.5 Å². The van der Waals surface area contributed by atoms with Crippen LogP contribution in [0.5, 0.6) is 0 Å². The Kier molecular flexibility index (Phi) is 8.66. The monoisotopic (exact) mass is 512 g/mol. The molecule has 1 aromatic rings. The summed E-state index contributed by atoms with van der Waals surface area (Å²) in [6.07, 6.45) is -1.21. The second-order valence-corrected chi connectivity index (χ2v) is 8.83. The molecular formula is C23H27F3N4O6. The van der Waals surface area contributed by atoms with Gasteiger partial charge in [0.2, 0.25) is 11.8 Å². The highest BCUT2D eigenvalue weighted by molar-refractivity contribution is 6.06. The lowest BCUT2D eigenvalue weighted by atomic mass is 9.96. The van der Waals surface area contributed by atoms with E-state index in [9.17, 15) is 32.3 Å². The van der Waals surface area contributed by atoms with Crippen molar-refractivity contribution >= 4 is 29.6 Å². The first-order valence-corrected chi connectivity index (χ1v) is 11.5. The summed E-state index contributed by atoms with van der Waals surface area (Å²) >= 11 is 0. The molecule has 2 saturated heterocycles. The fraction of sp³-hybridized carbons (Fsp3) is 0.522. The summed E-state index contributed by atoms with van der Waals surface area (Å²) in [5.74, 6) is -3.28. The van der Waals surface area contributed by atoms with Gasteiger partial charge in [0.1, 0.15) is 6.04 Å². The van der Waals surface area contributed by atoms with Crippen molar-refractivity contribution in [2.24, 2.45) is 5.92 Å². The Morgan fingerprint density at radius 1 is 1.17 bits per heavy atom. The van der Waals surface area contributed by atoms with E-state index in [-0.39, 0.29) is 30.7 Å². The summed E-state index contributed by atoms with van der Waals surface area (Å²) in [7, 11) is 0. The summed E-state index contributed by atoms with van der Waals surface area (Å²) in [4.78, 5) is 59.1. The molecule has 10 nitrogen and oxygen atoms in total. The van der Waals surface area contributed by atoms with E-state index in [1.807, 2.05) is 0 Å². The van der Waals surface area contributed by atoms with Crippen molar-refractivity contribution in [1.29, 1.82) is 0 Å². The van der Waals surface area contributed by atoms with Crippen molar-refractivity contribution in [2.45, 2.75) is 50.9 Å². The molecule has 2 unspecified atom stereocenters. The molecule has 4 amide bonds. The van der Waals surface area contributed by atoms with E-state index in [2.05, 4.69) is 16.0 Å². The highest BCUT2D eigenvalue weighted by Gasteiger charge is 2.39. The number of benzene rings is 1. The number of alkyl halides is 3. The Balaban J connectivity index is 0.000000454. The Labute approximate surface area is 204 Å². The van der Waals surface area contributed by atoms with E-state index in [1.54, 1.807) is 18.2 Å². The minimum Gasteiger partial charge on any atom is -0.475 e. The van der Waals surface area contributed by atoms with E-state index >= 15 is 0 Å². The van der Waals surface area contributed by atoms with Gasteiger partial charge in [0.25, 0.3) is 11.8 Å². The largest absolute Gasteiger partial charge is 0.490 e. The van der Waals surface area contributed by atoms with Crippen LogP contribution in [-0.4, -0.2) is 71.5 Å². The first-order chi connectivity index (χ1) is 17.0. The van der Waals surface area contributed by atoms with E-state index in [1.165, 1.54) is 17.7 Å². The second kappa shape index (κ2) is 11.5. The van der Waals surface area contributed by atoms with Crippen molar-refractivity contribution in [2.75, 3.05) is 19.6 Å². The minimum atomic E-state index is -5.08. The zero-order chi connectivity index (χ0) is 26.5. The number of piperidine rings is 2. The van der Waals surface area contributed by atoms with Gasteiger partial charge in [0.05, 0.1) is 0 Å². The maximum absolute atomic E-state index is 12.7. The first kappa shape index (κ1) is 27.1. The number of carboxylic acids is 1. The minimum absolute atomic E-state index is 0.150. The number of amides is 4. The second-order valence-electron chi connectivity index (χ2n) is 8.83. The zero-order valence-corrected chi connectivity index (χ0v) is 19.3. The molecule has 0 aliphatic carbocycles. The van der Waals surface area contributed by atoms with Gasteiger partial charge in [-0.3, -0.25) is 24.5 Å². The number of hydrogen-bond acceptors (Lipinski definition) is 6. The van der Waals surface area contributed by atoms with E-state index in [0.29, 0.717) is 30.0 Å². The van der Waals surface area contributed by atoms with Crippen LogP contribution in [0.3, 0.4) is 0 Å². The molecule has 4 N–H and O–H groups in total. The van der Waals surface area contributed by atoms with Crippen LogP contribution >= 0.6 is 0 Å². The molecule has 0 radical (unpaired) electrons. The maximum atomic E-state index is 12.7. The average Bonchev–Trinajstić information content (AvgIpc) is 3.15. The molecule has 3 heterocycles. The van der Waals surface area contributed by atoms with Crippen LogP contribution in [0.25, 0.3) is 0 Å². The van der Waals surface area contributed by atoms with Crippen LogP contribution in [0.1, 0.15) is 58.4 Å². The smallest absolute Gasteiger partial charge is 0.475 e. The van der Waals surface area contributed by atoms with Crippen molar-refractivity contribution in [3.63, 3.8) is 0 Å². The molecule has 196 valence electrons. The Bertz CT molecular complexity index is 1040. The number of rotatable bonds is 5. The van der Waals surface area contributed by atoms with Gasteiger partial charge in [-0.15, -0.1) is 0 Å². The van der Waals surface area contributed by atoms with Crippen molar-refractivity contribution in [3.8, 4) is 0 Å². The number of aliphatic carboxylic acids is 1. The van der Waals surface area contributed by atoms with Crippen molar-refractivity contribution in [3.05, 3.63) is 34.9 Å². The number of carbonyl (C=O) groups excluding carboxylic acids is 4. The highest BCUT2D eigenvalue weighted by Crippen LogP contribution is 2.28. The molecule has 0 bridgehead atoms. The fourth-order valence-electron chi connectivity index (χ4n) is 4.38. The molecule has 36 heavy (non-hydrogen) atoms. The standard InChI is InChI=1S/C21H26N4O4.C2HF3O2/c26-18-6-5-17(20(28)24-18)25-12-15-10-14(3-4-16(15)21(25)29)19(27)23-9-7-13-2-1-8-22-11-13;3-2(4,5)1(6)7/h3-4,10,13,17,22H,1-2,5-9,11-12H2,(H,23,27)(H,24,26,28);(H,6,7). The SMILES string of the molecule is O=C(O)C(F)(F)F.O=C1CCC(N2Cc3cc(C(=O)NCCC4CCCNC4)ccc3C2=O)C(=O)N1. The van der Waals surface area contributed by atoms with Crippen LogP contribution in [0, 0.1) is 5.92 Å². The van der Waals surface area contributed by atoms with Crippen LogP contribution in [0.4, 0.5) is 13.2 Å². The van der Waals surface area contributed by atoms with Crippen LogP contribution < -0.4 is 16.0 Å². The molecule has 13 heteroatoms. The Morgan fingerprint density at radius 3 is 2.50 bits per heavy atom. The van der Waals surface area contributed by atoms with Gasteiger partial charge in [-0.2, -0.15) is 13.2 Å². The number of carboxylic acid groups (broad SMARTS) is 1. The summed E-state index contributed by atoms with van der Waals surface area (Å²) in [6.45, 7) is 2.98. The van der Waals surface area contributed by atoms with Gasteiger partial charge >= 0.3 is 12.1 Å². The normalized spacial score (nSPS) is 21.8. The molecule has 0 saturated carbocycles. The zero-order valence-electron chi connectivity index (χ0n) is 19.3. The van der Waals surface area contributed by atoms with Gasteiger partial charge < -0.3 is 20.6 Å². The van der Waals surface area contributed by atoms with Crippen LogP contribution in [0.15, 0.2) is 18.2 Å². The molecular weight excluding hydrogens is 485 g/mol. The van der Waals surface area contributed by atoms with Crippen molar-refractivity contribution in [1.82, 2.24) is 20.9 Å². The third kappa shape index (κ3) is 6.80. The average molecular weight is 512 g/mol. The van der Waals surface area contributed by atoms with Crippen LogP contribution in [0.2, 0.25) is 0 Å². The highest BCUT2D eigenvalue weighted by atomic mass is 19.4. The summed E-state index contributed by atoms with van der Waals surface area (Å²) < 4.78 is 31.7. The lowest BCUT2D eigenvalue weighted by Crippen LogP contribution is -2.52. The van der Waals surface area contributed by atoms with Gasteiger partial charge in [0, 0.05) is 30.6 Å². The number of imide groups is 1. The number of carbonyl (C=O) groups is 5. The third-order valence-corrected chi connectivity index (χ3v) is 6.27. The maximum Gasteiger partial charge on any atom is 0.490 e. The molecule has 0 spiro atoms. The summed E-state index contributed by atoms with van der Waals surface area (Å²) in [5.41, 5.74) is 1.77. The molecule has 1 aromatic carbocycles.